The van der Waals surface area contributed by atoms with Crippen molar-refractivity contribution in [3.8, 4) is 22.6 Å². The summed E-state index contributed by atoms with van der Waals surface area (Å²) >= 11 is 0. The van der Waals surface area contributed by atoms with E-state index in [4.69, 9.17) is 9.97 Å². The highest BCUT2D eigenvalue weighted by Gasteiger charge is 2.30. The lowest BCUT2D eigenvalue weighted by Crippen LogP contribution is -2.08. The number of imidazole rings is 1. The number of pyridine rings is 1. The maximum Gasteiger partial charge on any atom is 0.223 e. The van der Waals surface area contributed by atoms with Crippen molar-refractivity contribution in [1.29, 1.82) is 0 Å². The van der Waals surface area contributed by atoms with Gasteiger partial charge in [0.2, 0.25) is 5.95 Å². The van der Waals surface area contributed by atoms with E-state index in [-0.39, 0.29) is 11.9 Å². The largest absolute Gasteiger partial charge is 0.351 e. The highest BCUT2D eigenvalue weighted by molar-refractivity contribution is 5.78. The van der Waals surface area contributed by atoms with Crippen LogP contribution in [0.3, 0.4) is 0 Å². The Labute approximate surface area is 191 Å². The van der Waals surface area contributed by atoms with Gasteiger partial charge in [-0.05, 0) is 67.8 Å². The second-order valence-electron chi connectivity index (χ2n) is 8.51. The molecule has 1 unspecified atom stereocenters. The van der Waals surface area contributed by atoms with Gasteiger partial charge < -0.3 is 9.88 Å². The number of anilines is 1. The summed E-state index contributed by atoms with van der Waals surface area (Å²) < 4.78 is 15.9. The van der Waals surface area contributed by atoms with Gasteiger partial charge in [-0.3, -0.25) is 4.98 Å². The standard InChI is InChI=1S/C26H23FN6/c27-18-6-4-17(5-7-18)24-25(22-14-16-29-26(31-22)30-20-8-9-20)33-21(12-13-23(33)32-24)11-10-19-3-1-2-15-28-19/h1-7,10-11,14-16,20-21H,8-9,12-13H2,(H,29,30,31)/b11-10+. The number of rotatable bonds is 6. The second-order valence-corrected chi connectivity index (χ2v) is 8.51. The van der Waals surface area contributed by atoms with Crippen LogP contribution in [0.2, 0.25) is 0 Å². The van der Waals surface area contributed by atoms with Gasteiger partial charge in [-0.2, -0.15) is 0 Å². The van der Waals surface area contributed by atoms with Gasteiger partial charge in [-0.1, -0.05) is 12.1 Å². The van der Waals surface area contributed by atoms with Gasteiger partial charge in [0.15, 0.2) is 0 Å². The topological polar surface area (TPSA) is 68.5 Å². The summed E-state index contributed by atoms with van der Waals surface area (Å²) in [6.07, 6.45) is 11.9. The van der Waals surface area contributed by atoms with Crippen LogP contribution in [0.5, 0.6) is 0 Å². The minimum atomic E-state index is -0.263. The molecule has 1 aliphatic carbocycles. The molecule has 1 N–H and O–H groups in total. The first-order valence-electron chi connectivity index (χ1n) is 11.3. The Morgan fingerprint density at radius 1 is 0.939 bits per heavy atom. The zero-order valence-electron chi connectivity index (χ0n) is 18.0. The van der Waals surface area contributed by atoms with Crippen LogP contribution in [-0.2, 0) is 6.42 Å². The summed E-state index contributed by atoms with van der Waals surface area (Å²) in [4.78, 5) is 18.6. The number of benzene rings is 1. The summed E-state index contributed by atoms with van der Waals surface area (Å²) in [7, 11) is 0. The molecule has 6 nitrogen and oxygen atoms in total. The highest BCUT2D eigenvalue weighted by atomic mass is 19.1. The molecular weight excluding hydrogens is 415 g/mol. The lowest BCUT2D eigenvalue weighted by molar-refractivity contribution is 0.628. The van der Waals surface area contributed by atoms with Crippen molar-refractivity contribution < 1.29 is 4.39 Å². The summed E-state index contributed by atoms with van der Waals surface area (Å²) in [5.74, 6) is 1.38. The molecule has 0 saturated heterocycles. The van der Waals surface area contributed by atoms with Gasteiger partial charge in [-0.15, -0.1) is 0 Å². The Bertz CT molecular complexity index is 1310. The average molecular weight is 439 g/mol. The molecule has 2 aliphatic rings. The van der Waals surface area contributed by atoms with Crippen LogP contribution in [0.15, 0.2) is 67.0 Å². The molecule has 0 bridgehead atoms. The van der Waals surface area contributed by atoms with Crippen molar-refractivity contribution in [2.45, 2.75) is 37.8 Å². The van der Waals surface area contributed by atoms with Gasteiger partial charge in [0, 0.05) is 30.4 Å². The maximum absolute atomic E-state index is 13.6. The maximum atomic E-state index is 13.6. The van der Waals surface area contributed by atoms with E-state index in [1.165, 1.54) is 12.1 Å². The molecule has 4 aromatic rings. The normalized spacial score (nSPS) is 17.4. The number of hydrogen-bond donors (Lipinski definition) is 1. The Morgan fingerprint density at radius 2 is 1.82 bits per heavy atom. The zero-order valence-corrected chi connectivity index (χ0v) is 18.0. The fraction of sp³-hybridized carbons (Fsp3) is 0.231. The molecule has 4 heterocycles. The third-order valence-corrected chi connectivity index (χ3v) is 6.08. The molecule has 0 spiro atoms. The van der Waals surface area contributed by atoms with Crippen molar-refractivity contribution in [2.75, 3.05) is 5.32 Å². The van der Waals surface area contributed by atoms with Gasteiger partial charge >= 0.3 is 0 Å². The molecule has 7 heteroatoms. The fourth-order valence-electron chi connectivity index (χ4n) is 4.31. The number of hydrogen-bond acceptors (Lipinski definition) is 5. The summed E-state index contributed by atoms with van der Waals surface area (Å²) in [5.41, 5.74) is 4.35. The number of fused-ring (bicyclic) bond motifs is 1. The monoisotopic (exact) mass is 438 g/mol. The molecule has 0 radical (unpaired) electrons. The average Bonchev–Trinajstić information content (AvgIpc) is 3.45. The van der Waals surface area contributed by atoms with E-state index in [0.717, 1.165) is 59.8 Å². The minimum Gasteiger partial charge on any atom is -0.351 e. The van der Waals surface area contributed by atoms with Gasteiger partial charge in [0.25, 0.3) is 0 Å². The highest BCUT2D eigenvalue weighted by Crippen LogP contribution is 2.40. The summed E-state index contributed by atoms with van der Waals surface area (Å²) in [5, 5.41) is 3.39. The number of nitrogens with zero attached hydrogens (tertiary/aromatic N) is 5. The molecule has 1 fully saturated rings. The number of allylic oxidation sites excluding steroid dienone is 1. The van der Waals surface area contributed by atoms with E-state index >= 15 is 0 Å². The van der Waals surface area contributed by atoms with Crippen LogP contribution < -0.4 is 5.32 Å². The summed E-state index contributed by atoms with van der Waals surface area (Å²) in [6, 6.07) is 14.9. The Morgan fingerprint density at radius 3 is 2.61 bits per heavy atom. The number of halogens is 1. The fourth-order valence-corrected chi connectivity index (χ4v) is 4.31. The van der Waals surface area contributed by atoms with E-state index in [9.17, 15) is 4.39 Å². The molecule has 1 saturated carbocycles. The van der Waals surface area contributed by atoms with Crippen LogP contribution >= 0.6 is 0 Å². The molecule has 33 heavy (non-hydrogen) atoms. The Hall–Kier alpha value is -3.87. The zero-order chi connectivity index (χ0) is 22.2. The van der Waals surface area contributed by atoms with Crippen molar-refractivity contribution in [1.82, 2.24) is 24.5 Å². The molecule has 164 valence electrons. The van der Waals surface area contributed by atoms with Crippen LogP contribution in [0.1, 0.15) is 36.8 Å². The van der Waals surface area contributed by atoms with Crippen LogP contribution in [-0.4, -0.2) is 30.5 Å². The molecule has 1 aliphatic heterocycles. The van der Waals surface area contributed by atoms with E-state index in [1.54, 1.807) is 24.5 Å². The van der Waals surface area contributed by atoms with Crippen LogP contribution in [0.4, 0.5) is 10.3 Å². The number of aromatic nitrogens is 5. The third kappa shape index (κ3) is 4.02. The molecular formula is C26H23FN6. The quantitative estimate of drug-likeness (QED) is 0.441. The van der Waals surface area contributed by atoms with E-state index < -0.39 is 0 Å². The second kappa shape index (κ2) is 8.24. The first-order valence-corrected chi connectivity index (χ1v) is 11.3. The van der Waals surface area contributed by atoms with E-state index in [1.807, 2.05) is 24.3 Å². The van der Waals surface area contributed by atoms with Crippen LogP contribution in [0, 0.1) is 5.82 Å². The molecule has 0 amide bonds. The van der Waals surface area contributed by atoms with Crippen molar-refractivity contribution in [3.05, 3.63) is 84.3 Å². The van der Waals surface area contributed by atoms with Crippen molar-refractivity contribution >= 4 is 12.0 Å². The van der Waals surface area contributed by atoms with E-state index in [0.29, 0.717) is 12.0 Å². The van der Waals surface area contributed by atoms with Gasteiger partial charge in [-0.25, -0.2) is 19.3 Å². The molecule has 1 aromatic carbocycles. The first-order chi connectivity index (χ1) is 16.2. The lowest BCUT2D eigenvalue weighted by Gasteiger charge is -2.15. The van der Waals surface area contributed by atoms with Gasteiger partial charge in [0.1, 0.15) is 11.6 Å². The molecule has 1 atom stereocenters. The third-order valence-electron chi connectivity index (χ3n) is 6.08. The van der Waals surface area contributed by atoms with Crippen molar-refractivity contribution in [2.24, 2.45) is 0 Å². The predicted molar refractivity (Wildman–Crippen MR) is 126 cm³/mol. The SMILES string of the molecule is Fc1ccc(-c2nc3n(c2-c2ccnc(NC4CC4)n2)C(/C=C/c2ccccn2)CC3)cc1. The Kier molecular flexibility index (Phi) is 4.94. The number of nitrogens with one attached hydrogen (secondary N) is 1. The first kappa shape index (κ1) is 19.8. The smallest absolute Gasteiger partial charge is 0.223 e. The predicted octanol–water partition coefficient (Wildman–Crippen LogP) is 5.32. The van der Waals surface area contributed by atoms with E-state index in [2.05, 4.69) is 32.0 Å². The van der Waals surface area contributed by atoms with Crippen LogP contribution in [0.25, 0.3) is 28.7 Å². The lowest BCUT2D eigenvalue weighted by atomic mass is 10.1. The summed E-state index contributed by atoms with van der Waals surface area (Å²) in [6.45, 7) is 0. The Balaban J connectivity index is 1.46. The number of aryl methyl sites for hydroxylation is 1. The van der Waals surface area contributed by atoms with Crippen molar-refractivity contribution in [3.63, 3.8) is 0 Å². The molecule has 3 aromatic heterocycles. The molecule has 6 rings (SSSR count). The van der Waals surface area contributed by atoms with Gasteiger partial charge in [0.05, 0.1) is 28.8 Å². The minimum absolute atomic E-state index is 0.133.